The second-order valence-electron chi connectivity index (χ2n) is 6.71. The fourth-order valence-electron chi connectivity index (χ4n) is 4.07. The Morgan fingerprint density at radius 1 is 1.30 bits per heavy atom. The van der Waals surface area contributed by atoms with Crippen molar-refractivity contribution >= 4 is 0 Å². The summed E-state index contributed by atoms with van der Waals surface area (Å²) in [4.78, 5) is 3.98. The minimum Gasteiger partial charge on any atom is -0.378 e. The number of aromatic nitrogens is 3. The number of hydrogen-bond donors (Lipinski definition) is 1. The van der Waals surface area contributed by atoms with Crippen LogP contribution in [0.25, 0.3) is 5.69 Å². The van der Waals surface area contributed by atoms with Crippen LogP contribution in [0.1, 0.15) is 38.2 Å². The Labute approximate surface area is 137 Å². The Balaban J connectivity index is 1.35. The van der Waals surface area contributed by atoms with Crippen LogP contribution in [0.2, 0.25) is 0 Å². The molecule has 1 spiro atoms. The van der Waals surface area contributed by atoms with Gasteiger partial charge in [0.25, 0.3) is 0 Å². The zero-order valence-corrected chi connectivity index (χ0v) is 13.6. The van der Waals surface area contributed by atoms with Gasteiger partial charge in [0.2, 0.25) is 0 Å². The maximum atomic E-state index is 5.92. The van der Waals surface area contributed by atoms with Gasteiger partial charge in [0, 0.05) is 24.6 Å². The molecule has 0 bridgehead atoms. The van der Waals surface area contributed by atoms with Crippen LogP contribution in [0.15, 0.2) is 36.9 Å². The average Bonchev–Trinajstić information content (AvgIpc) is 3.03. The number of benzene rings is 1. The van der Waals surface area contributed by atoms with Gasteiger partial charge in [-0.1, -0.05) is 18.6 Å². The van der Waals surface area contributed by atoms with Gasteiger partial charge >= 0.3 is 0 Å². The first-order valence-electron chi connectivity index (χ1n) is 8.61. The minimum atomic E-state index is 0.427. The second kappa shape index (κ2) is 6.06. The van der Waals surface area contributed by atoms with E-state index in [1.165, 1.54) is 24.8 Å². The molecule has 5 heteroatoms. The Morgan fingerprint density at radius 2 is 2.13 bits per heavy atom. The Bertz CT molecular complexity index is 634. The molecule has 1 aromatic heterocycles. The number of nitrogens with zero attached hydrogens (tertiary/aromatic N) is 3. The third kappa shape index (κ3) is 2.58. The van der Waals surface area contributed by atoms with Crippen LogP contribution in [-0.4, -0.2) is 33.5 Å². The van der Waals surface area contributed by atoms with Crippen molar-refractivity contribution in [2.24, 2.45) is 5.41 Å². The van der Waals surface area contributed by atoms with Gasteiger partial charge in [-0.05, 0) is 43.9 Å². The van der Waals surface area contributed by atoms with Gasteiger partial charge in [-0.15, -0.1) is 0 Å². The van der Waals surface area contributed by atoms with Gasteiger partial charge in [-0.2, -0.15) is 5.10 Å². The first-order chi connectivity index (χ1) is 11.3. The molecule has 0 aliphatic heterocycles. The van der Waals surface area contributed by atoms with Crippen LogP contribution in [0, 0.1) is 5.41 Å². The molecule has 2 aliphatic rings. The molecule has 1 aromatic carbocycles. The molecule has 0 saturated heterocycles. The first kappa shape index (κ1) is 14.8. The van der Waals surface area contributed by atoms with Crippen molar-refractivity contribution in [3.63, 3.8) is 0 Å². The van der Waals surface area contributed by atoms with E-state index >= 15 is 0 Å². The molecular formula is C18H24N4O. The number of rotatable bonds is 6. The SMILES string of the molecule is CCOC1CC(NCc2ccc(-n3cncn3)cc2)C12CCC2. The number of ether oxygens (including phenoxy) is 1. The quantitative estimate of drug-likeness (QED) is 0.891. The first-order valence-corrected chi connectivity index (χ1v) is 8.61. The van der Waals surface area contributed by atoms with E-state index in [1.807, 2.05) is 0 Å². The molecule has 1 heterocycles. The highest BCUT2D eigenvalue weighted by molar-refractivity contribution is 5.33. The van der Waals surface area contributed by atoms with Crippen LogP contribution in [0.4, 0.5) is 0 Å². The van der Waals surface area contributed by atoms with Crippen molar-refractivity contribution in [3.8, 4) is 5.69 Å². The third-order valence-electron chi connectivity index (χ3n) is 5.61. The summed E-state index contributed by atoms with van der Waals surface area (Å²) in [6.07, 6.45) is 8.91. The fourth-order valence-corrected chi connectivity index (χ4v) is 4.07. The normalized spacial score (nSPS) is 25.1. The lowest BCUT2D eigenvalue weighted by atomic mass is 9.51. The molecule has 122 valence electrons. The van der Waals surface area contributed by atoms with Gasteiger partial charge < -0.3 is 10.1 Å². The third-order valence-corrected chi connectivity index (χ3v) is 5.61. The Kier molecular flexibility index (Phi) is 3.91. The lowest BCUT2D eigenvalue weighted by Crippen LogP contribution is -2.66. The molecule has 2 saturated carbocycles. The van der Waals surface area contributed by atoms with Gasteiger partial charge in [-0.25, -0.2) is 9.67 Å². The van der Waals surface area contributed by atoms with Crippen LogP contribution in [0.5, 0.6) is 0 Å². The van der Waals surface area contributed by atoms with Crippen LogP contribution >= 0.6 is 0 Å². The zero-order valence-electron chi connectivity index (χ0n) is 13.6. The minimum absolute atomic E-state index is 0.427. The maximum absolute atomic E-state index is 5.92. The van der Waals surface area contributed by atoms with E-state index in [2.05, 4.69) is 46.6 Å². The summed E-state index contributed by atoms with van der Waals surface area (Å²) in [6.45, 7) is 3.86. The highest BCUT2D eigenvalue weighted by Crippen LogP contribution is 2.57. The van der Waals surface area contributed by atoms with Crippen molar-refractivity contribution in [1.82, 2.24) is 20.1 Å². The van der Waals surface area contributed by atoms with Gasteiger partial charge in [0.05, 0.1) is 11.8 Å². The van der Waals surface area contributed by atoms with Crippen molar-refractivity contribution in [1.29, 1.82) is 0 Å². The molecule has 2 aromatic rings. The van der Waals surface area contributed by atoms with E-state index in [4.69, 9.17) is 4.74 Å². The van der Waals surface area contributed by atoms with Gasteiger partial charge in [-0.3, -0.25) is 0 Å². The summed E-state index contributed by atoms with van der Waals surface area (Å²) in [7, 11) is 0. The lowest BCUT2D eigenvalue weighted by molar-refractivity contribution is -0.173. The molecule has 5 nitrogen and oxygen atoms in total. The molecule has 2 atom stereocenters. The molecule has 1 N–H and O–H groups in total. The van der Waals surface area contributed by atoms with E-state index in [1.54, 1.807) is 17.3 Å². The number of nitrogens with one attached hydrogen (secondary N) is 1. The van der Waals surface area contributed by atoms with Crippen molar-refractivity contribution in [3.05, 3.63) is 42.5 Å². The average molecular weight is 312 g/mol. The largest absolute Gasteiger partial charge is 0.378 e. The molecular weight excluding hydrogens is 288 g/mol. The highest BCUT2D eigenvalue weighted by atomic mass is 16.5. The Hall–Kier alpha value is -1.72. The molecule has 2 unspecified atom stereocenters. The summed E-state index contributed by atoms with van der Waals surface area (Å²) < 4.78 is 7.70. The van der Waals surface area contributed by atoms with Crippen LogP contribution < -0.4 is 5.32 Å². The zero-order chi connectivity index (χ0) is 15.7. The predicted molar refractivity (Wildman–Crippen MR) is 88.3 cm³/mol. The van der Waals surface area contributed by atoms with E-state index in [-0.39, 0.29) is 0 Å². The van der Waals surface area contributed by atoms with Crippen LogP contribution in [0.3, 0.4) is 0 Å². The van der Waals surface area contributed by atoms with Gasteiger partial charge in [0.1, 0.15) is 12.7 Å². The molecule has 0 radical (unpaired) electrons. The molecule has 0 amide bonds. The Morgan fingerprint density at radius 3 is 2.74 bits per heavy atom. The van der Waals surface area contributed by atoms with Crippen LogP contribution in [-0.2, 0) is 11.3 Å². The molecule has 2 aliphatic carbocycles. The predicted octanol–water partition coefficient (Wildman–Crippen LogP) is 2.70. The maximum Gasteiger partial charge on any atom is 0.138 e. The topological polar surface area (TPSA) is 52.0 Å². The second-order valence-corrected chi connectivity index (χ2v) is 6.71. The molecule has 4 rings (SSSR count). The highest BCUT2D eigenvalue weighted by Gasteiger charge is 2.58. The van der Waals surface area contributed by atoms with E-state index < -0.39 is 0 Å². The number of hydrogen-bond acceptors (Lipinski definition) is 4. The summed E-state index contributed by atoms with van der Waals surface area (Å²) in [5.41, 5.74) is 2.78. The van der Waals surface area contributed by atoms with Crippen molar-refractivity contribution in [2.45, 2.75) is 51.3 Å². The van der Waals surface area contributed by atoms with Crippen molar-refractivity contribution < 1.29 is 4.74 Å². The van der Waals surface area contributed by atoms with E-state index in [0.29, 0.717) is 17.6 Å². The lowest BCUT2D eigenvalue weighted by Gasteiger charge is -2.61. The summed E-state index contributed by atoms with van der Waals surface area (Å²) in [6, 6.07) is 9.12. The summed E-state index contributed by atoms with van der Waals surface area (Å²) in [5, 5.41) is 7.91. The van der Waals surface area contributed by atoms with Gasteiger partial charge in [0.15, 0.2) is 0 Å². The summed E-state index contributed by atoms with van der Waals surface area (Å²) in [5.74, 6) is 0. The molecule has 2 fully saturated rings. The monoisotopic (exact) mass is 312 g/mol. The van der Waals surface area contributed by atoms with Crippen molar-refractivity contribution in [2.75, 3.05) is 6.61 Å². The standard InChI is InChI=1S/C18H24N4O/c1-2-23-17-10-16(18(17)8-3-9-18)20-11-14-4-6-15(7-5-14)22-13-19-12-21-22/h4-7,12-13,16-17,20H,2-3,8-11H2,1H3. The fraction of sp³-hybridized carbons (Fsp3) is 0.556. The van der Waals surface area contributed by atoms with E-state index in [0.717, 1.165) is 25.3 Å². The summed E-state index contributed by atoms with van der Waals surface area (Å²) >= 11 is 0. The molecule has 23 heavy (non-hydrogen) atoms. The van der Waals surface area contributed by atoms with E-state index in [9.17, 15) is 0 Å². The smallest absolute Gasteiger partial charge is 0.138 e.